The van der Waals surface area contributed by atoms with Crippen molar-refractivity contribution in [3.63, 3.8) is 0 Å². The van der Waals surface area contributed by atoms with Crippen LogP contribution in [0.2, 0.25) is 0 Å². The van der Waals surface area contributed by atoms with Crippen LogP contribution in [0.1, 0.15) is 27.7 Å². The molecule has 0 radical (unpaired) electrons. The lowest BCUT2D eigenvalue weighted by atomic mass is 10.6. The standard InChI is InChI=1S/C4H10O.C3H7Br.Mg.2H/c1-3-5-4-2;1-3(2)4;;;/h3-4H2,1-2H3;3H,1-2H3;;;. The van der Waals surface area contributed by atoms with Gasteiger partial charge in [0.05, 0.1) is 0 Å². The quantitative estimate of drug-likeness (QED) is 0.513. The van der Waals surface area contributed by atoms with E-state index >= 15 is 0 Å². The topological polar surface area (TPSA) is 9.23 Å². The Labute approximate surface area is 89.2 Å². The van der Waals surface area contributed by atoms with Gasteiger partial charge < -0.3 is 4.74 Å². The van der Waals surface area contributed by atoms with Crippen LogP contribution in [0.3, 0.4) is 0 Å². The average molecular weight is 223 g/mol. The molecule has 0 saturated carbocycles. The van der Waals surface area contributed by atoms with Crippen LogP contribution < -0.4 is 0 Å². The van der Waals surface area contributed by atoms with Crippen LogP contribution >= 0.6 is 15.9 Å². The van der Waals surface area contributed by atoms with Crippen molar-refractivity contribution in [3.8, 4) is 0 Å². The minimum absolute atomic E-state index is 0. The fourth-order valence-electron chi connectivity index (χ4n) is 0.204. The molecule has 0 spiro atoms. The third-order valence-electron chi connectivity index (χ3n) is 0.408. The molecule has 3 heteroatoms. The summed E-state index contributed by atoms with van der Waals surface area (Å²) in [6, 6.07) is 0. The summed E-state index contributed by atoms with van der Waals surface area (Å²) in [5, 5.41) is 0. The van der Waals surface area contributed by atoms with Gasteiger partial charge in [0.15, 0.2) is 0 Å². The highest BCUT2D eigenvalue weighted by molar-refractivity contribution is 9.09. The van der Waals surface area contributed by atoms with Gasteiger partial charge in [-0.25, -0.2) is 0 Å². The van der Waals surface area contributed by atoms with Gasteiger partial charge in [0.1, 0.15) is 0 Å². The van der Waals surface area contributed by atoms with E-state index in [0.29, 0.717) is 4.83 Å². The Balaban J connectivity index is -0.0000000910. The molecule has 1 nitrogen and oxygen atoms in total. The third-order valence-corrected chi connectivity index (χ3v) is 0.408. The van der Waals surface area contributed by atoms with Crippen LogP contribution in [0, 0.1) is 0 Å². The third kappa shape index (κ3) is 60.3. The number of halogens is 1. The molecule has 0 atom stereocenters. The minimum atomic E-state index is 0. The predicted molar refractivity (Wildman–Crippen MR) is 54.8 cm³/mol. The Kier molecular flexibility index (Phi) is 28.9. The largest absolute Gasteiger partial charge is 0.382 e. The van der Waals surface area contributed by atoms with Crippen molar-refractivity contribution in [3.05, 3.63) is 0 Å². The first-order valence-corrected chi connectivity index (χ1v) is 4.28. The lowest BCUT2D eigenvalue weighted by Gasteiger charge is -1.86. The monoisotopic (exact) mass is 222 g/mol. The first-order chi connectivity index (χ1) is 4.15. The van der Waals surface area contributed by atoms with Crippen molar-refractivity contribution in [1.29, 1.82) is 0 Å². The van der Waals surface area contributed by atoms with Gasteiger partial charge in [0.25, 0.3) is 0 Å². The van der Waals surface area contributed by atoms with Gasteiger partial charge in [-0.1, -0.05) is 29.8 Å². The van der Waals surface area contributed by atoms with E-state index in [1.54, 1.807) is 0 Å². The Bertz CT molecular complexity index is 37.8. The maximum absolute atomic E-state index is 4.83. The molecule has 0 aromatic carbocycles. The van der Waals surface area contributed by atoms with Gasteiger partial charge in [0.2, 0.25) is 0 Å². The number of ether oxygens (including phenoxy) is 1. The Morgan fingerprint density at radius 1 is 1.20 bits per heavy atom. The Hall–Kier alpha value is 1.21. The summed E-state index contributed by atoms with van der Waals surface area (Å²) in [5.74, 6) is 0. The minimum Gasteiger partial charge on any atom is -0.382 e. The fourth-order valence-corrected chi connectivity index (χ4v) is 0.204. The summed E-state index contributed by atoms with van der Waals surface area (Å²) < 4.78 is 4.83. The normalized spacial score (nSPS) is 7.80. The molecule has 0 aliphatic rings. The molecular formula is C7H19BrMgO. The van der Waals surface area contributed by atoms with Gasteiger partial charge in [0, 0.05) is 18.0 Å². The Morgan fingerprint density at radius 3 is 1.40 bits per heavy atom. The van der Waals surface area contributed by atoms with Gasteiger partial charge >= 0.3 is 23.1 Å². The summed E-state index contributed by atoms with van der Waals surface area (Å²) in [5.41, 5.74) is 0. The van der Waals surface area contributed by atoms with Crippen molar-refractivity contribution < 1.29 is 4.74 Å². The van der Waals surface area contributed by atoms with Crippen molar-refractivity contribution in [2.45, 2.75) is 32.5 Å². The molecule has 0 aliphatic carbocycles. The molecule has 0 aliphatic heterocycles. The van der Waals surface area contributed by atoms with E-state index in [1.165, 1.54) is 0 Å². The second-order valence-corrected chi connectivity index (χ2v) is 3.63. The van der Waals surface area contributed by atoms with Crippen LogP contribution in [0.5, 0.6) is 0 Å². The number of hydrogen-bond acceptors (Lipinski definition) is 1. The van der Waals surface area contributed by atoms with Crippen molar-refractivity contribution in [1.82, 2.24) is 0 Å². The fraction of sp³-hybridized carbons (Fsp3) is 1.00. The zero-order valence-electron chi connectivity index (χ0n) is 6.78. The molecule has 62 valence electrons. The van der Waals surface area contributed by atoms with Gasteiger partial charge in [-0.15, -0.1) is 0 Å². The Morgan fingerprint density at radius 2 is 1.40 bits per heavy atom. The second kappa shape index (κ2) is 16.7. The van der Waals surface area contributed by atoms with Crippen LogP contribution in [0.25, 0.3) is 0 Å². The molecule has 0 bridgehead atoms. The van der Waals surface area contributed by atoms with E-state index in [9.17, 15) is 0 Å². The number of rotatable bonds is 2. The maximum Gasteiger partial charge on any atom is 0.316 e. The smallest absolute Gasteiger partial charge is 0.316 e. The lowest BCUT2D eigenvalue weighted by Crippen LogP contribution is -1.84. The van der Waals surface area contributed by atoms with Crippen molar-refractivity contribution >= 4 is 39.0 Å². The first kappa shape index (κ1) is 17.3. The van der Waals surface area contributed by atoms with E-state index in [4.69, 9.17) is 4.74 Å². The average Bonchev–Trinajstić information content (AvgIpc) is 1.66. The first-order valence-electron chi connectivity index (χ1n) is 3.36. The van der Waals surface area contributed by atoms with Gasteiger partial charge in [-0.2, -0.15) is 0 Å². The number of hydrogen-bond donors (Lipinski definition) is 0. The highest BCUT2D eigenvalue weighted by atomic mass is 79.9. The van der Waals surface area contributed by atoms with Crippen LogP contribution in [0.4, 0.5) is 0 Å². The summed E-state index contributed by atoms with van der Waals surface area (Å²) >= 11 is 3.27. The van der Waals surface area contributed by atoms with Crippen molar-refractivity contribution in [2.24, 2.45) is 0 Å². The van der Waals surface area contributed by atoms with Crippen LogP contribution in [-0.4, -0.2) is 41.1 Å². The zero-order valence-corrected chi connectivity index (χ0v) is 8.36. The van der Waals surface area contributed by atoms with Crippen LogP contribution in [-0.2, 0) is 4.74 Å². The summed E-state index contributed by atoms with van der Waals surface area (Å²) in [4.78, 5) is 0.646. The molecule has 0 N–H and O–H groups in total. The molecule has 10 heavy (non-hydrogen) atoms. The second-order valence-electron chi connectivity index (χ2n) is 1.80. The SMILES string of the molecule is CC(C)Br.CCOCC.[MgH2]. The highest BCUT2D eigenvalue weighted by Crippen LogP contribution is 1.89. The van der Waals surface area contributed by atoms with E-state index in [-0.39, 0.29) is 23.1 Å². The van der Waals surface area contributed by atoms with Crippen LogP contribution in [0.15, 0.2) is 0 Å². The van der Waals surface area contributed by atoms with Gasteiger partial charge in [-0.05, 0) is 13.8 Å². The molecule has 0 aromatic heterocycles. The molecule has 0 amide bonds. The molecular weight excluding hydrogens is 204 g/mol. The predicted octanol–water partition coefficient (Wildman–Crippen LogP) is 1.92. The summed E-state index contributed by atoms with van der Waals surface area (Å²) in [6.45, 7) is 9.83. The zero-order chi connectivity index (χ0) is 7.70. The van der Waals surface area contributed by atoms with Crippen molar-refractivity contribution in [2.75, 3.05) is 13.2 Å². The summed E-state index contributed by atoms with van der Waals surface area (Å²) in [7, 11) is 0. The molecule has 0 saturated heterocycles. The lowest BCUT2D eigenvalue weighted by molar-refractivity contribution is 0.162. The van der Waals surface area contributed by atoms with E-state index in [2.05, 4.69) is 29.8 Å². The molecule has 0 unspecified atom stereocenters. The maximum atomic E-state index is 4.83. The van der Waals surface area contributed by atoms with E-state index < -0.39 is 0 Å². The molecule has 0 fully saturated rings. The molecule has 0 heterocycles. The van der Waals surface area contributed by atoms with Gasteiger partial charge in [-0.3, -0.25) is 0 Å². The van der Waals surface area contributed by atoms with E-state index in [1.807, 2.05) is 13.8 Å². The summed E-state index contributed by atoms with van der Waals surface area (Å²) in [6.07, 6.45) is 0. The number of alkyl halides is 1. The molecule has 0 aromatic rings. The van der Waals surface area contributed by atoms with E-state index in [0.717, 1.165) is 13.2 Å². The molecule has 0 rings (SSSR count). The highest BCUT2D eigenvalue weighted by Gasteiger charge is 1.71.